The third-order valence-corrected chi connectivity index (χ3v) is 5.14. The highest BCUT2D eigenvalue weighted by Crippen LogP contribution is 2.23. The predicted octanol–water partition coefficient (Wildman–Crippen LogP) is 3.79. The molecule has 1 aromatic heterocycles. The highest BCUT2D eigenvalue weighted by molar-refractivity contribution is 14.1. The molecular formula is C17H30IN3O2. The minimum Gasteiger partial charge on any atom is -0.359 e. The summed E-state index contributed by atoms with van der Waals surface area (Å²) in [6.07, 6.45) is 2.40. The molecule has 0 aliphatic rings. The van der Waals surface area contributed by atoms with Crippen LogP contribution in [0.15, 0.2) is 4.52 Å². The smallest absolute Gasteiger partial charge is 0.273 e. The number of nitrogens with zero attached hydrogens (tertiary/aromatic N) is 2. The minimum absolute atomic E-state index is 0.0259. The molecule has 1 N–H and O–H groups in total. The summed E-state index contributed by atoms with van der Waals surface area (Å²) in [5, 5.41) is 7.01. The molecule has 132 valence electrons. The van der Waals surface area contributed by atoms with E-state index >= 15 is 0 Å². The second kappa shape index (κ2) is 9.01. The SMILES string of the molecule is CCCCN(C)CC(C)(C)C(C)NC(=O)c1noc(CI)c1C. The van der Waals surface area contributed by atoms with Crippen molar-refractivity contribution in [3.63, 3.8) is 0 Å². The molecule has 1 aromatic rings. The van der Waals surface area contributed by atoms with Crippen LogP contribution in [0.1, 0.15) is 62.3 Å². The molecule has 23 heavy (non-hydrogen) atoms. The van der Waals surface area contributed by atoms with E-state index < -0.39 is 0 Å². The van der Waals surface area contributed by atoms with Crippen molar-refractivity contribution in [1.82, 2.24) is 15.4 Å². The summed E-state index contributed by atoms with van der Waals surface area (Å²) in [5.74, 6) is 0.612. The van der Waals surface area contributed by atoms with Crippen molar-refractivity contribution in [2.45, 2.75) is 57.9 Å². The molecule has 1 unspecified atom stereocenters. The first-order valence-corrected chi connectivity index (χ1v) is 9.76. The van der Waals surface area contributed by atoms with Gasteiger partial charge in [0.25, 0.3) is 5.91 Å². The maximum absolute atomic E-state index is 12.5. The lowest BCUT2D eigenvalue weighted by Crippen LogP contribution is -2.48. The Kier molecular flexibility index (Phi) is 8.00. The van der Waals surface area contributed by atoms with Crippen LogP contribution in [0.2, 0.25) is 0 Å². The monoisotopic (exact) mass is 435 g/mol. The fraction of sp³-hybridized carbons (Fsp3) is 0.765. The molecule has 0 saturated carbocycles. The molecule has 0 spiro atoms. The van der Waals surface area contributed by atoms with Gasteiger partial charge in [-0.15, -0.1) is 0 Å². The lowest BCUT2D eigenvalue weighted by Gasteiger charge is -2.36. The Bertz CT molecular complexity index is 514. The number of carbonyl (C=O) groups excluding carboxylic acids is 1. The van der Waals surface area contributed by atoms with Crippen LogP contribution in [0, 0.1) is 12.3 Å². The number of aromatic nitrogens is 1. The third-order valence-electron chi connectivity index (χ3n) is 4.45. The van der Waals surface area contributed by atoms with Gasteiger partial charge in [0, 0.05) is 18.2 Å². The number of nitrogens with one attached hydrogen (secondary N) is 1. The van der Waals surface area contributed by atoms with E-state index in [4.69, 9.17) is 4.52 Å². The van der Waals surface area contributed by atoms with Crippen LogP contribution < -0.4 is 5.32 Å². The van der Waals surface area contributed by atoms with Crippen molar-refractivity contribution in [3.8, 4) is 0 Å². The van der Waals surface area contributed by atoms with Crippen molar-refractivity contribution >= 4 is 28.5 Å². The summed E-state index contributed by atoms with van der Waals surface area (Å²) in [5.41, 5.74) is 1.21. The van der Waals surface area contributed by atoms with Crippen molar-refractivity contribution in [2.75, 3.05) is 20.1 Å². The molecule has 0 aliphatic heterocycles. The summed E-state index contributed by atoms with van der Waals surface area (Å²) >= 11 is 2.21. The number of hydrogen-bond acceptors (Lipinski definition) is 4. The number of halogens is 1. The maximum Gasteiger partial charge on any atom is 0.273 e. The number of amides is 1. The molecule has 0 aliphatic carbocycles. The fourth-order valence-electron chi connectivity index (χ4n) is 2.51. The van der Waals surface area contributed by atoms with Crippen LogP contribution in [0.3, 0.4) is 0 Å². The average Bonchev–Trinajstić information content (AvgIpc) is 2.85. The number of rotatable bonds is 9. The van der Waals surface area contributed by atoms with Crippen molar-refractivity contribution < 1.29 is 9.32 Å². The van der Waals surface area contributed by atoms with Crippen LogP contribution >= 0.6 is 22.6 Å². The van der Waals surface area contributed by atoms with Gasteiger partial charge in [-0.1, -0.05) is 54.9 Å². The van der Waals surface area contributed by atoms with E-state index in [0.29, 0.717) is 10.1 Å². The zero-order valence-electron chi connectivity index (χ0n) is 15.2. The fourth-order valence-corrected chi connectivity index (χ4v) is 3.22. The van der Waals surface area contributed by atoms with Crippen LogP contribution in [0.25, 0.3) is 0 Å². The van der Waals surface area contributed by atoms with Gasteiger partial charge in [0.2, 0.25) is 0 Å². The molecule has 0 fully saturated rings. The highest BCUT2D eigenvalue weighted by atomic mass is 127. The molecule has 1 heterocycles. The quantitative estimate of drug-likeness (QED) is 0.474. The van der Waals surface area contributed by atoms with E-state index in [0.717, 1.165) is 24.4 Å². The standard InChI is InChI=1S/C17H30IN3O2/c1-7-8-9-21(6)11-17(4,5)13(3)19-16(22)15-12(2)14(10-18)23-20-15/h13H,7-11H2,1-6H3,(H,19,22). The Hall–Kier alpha value is -0.630. The summed E-state index contributed by atoms with van der Waals surface area (Å²) < 4.78 is 5.93. The van der Waals surface area contributed by atoms with E-state index in [9.17, 15) is 4.79 Å². The minimum atomic E-state index is -0.154. The van der Waals surface area contributed by atoms with E-state index in [2.05, 4.69) is 72.7 Å². The van der Waals surface area contributed by atoms with Crippen LogP contribution in [-0.4, -0.2) is 42.1 Å². The van der Waals surface area contributed by atoms with Gasteiger partial charge in [-0.05, 0) is 39.3 Å². The molecule has 0 radical (unpaired) electrons. The molecule has 5 nitrogen and oxygen atoms in total. The number of alkyl halides is 1. The van der Waals surface area contributed by atoms with Gasteiger partial charge in [-0.2, -0.15) is 0 Å². The van der Waals surface area contributed by atoms with Gasteiger partial charge in [-0.3, -0.25) is 4.79 Å². The molecule has 1 rings (SSSR count). The molecule has 1 atom stereocenters. The lowest BCUT2D eigenvalue weighted by atomic mass is 9.84. The Morgan fingerprint density at radius 1 is 1.48 bits per heavy atom. The summed E-state index contributed by atoms with van der Waals surface area (Å²) in [7, 11) is 2.14. The van der Waals surface area contributed by atoms with Gasteiger partial charge in [0.1, 0.15) is 5.76 Å². The van der Waals surface area contributed by atoms with Crippen LogP contribution in [-0.2, 0) is 4.43 Å². The maximum atomic E-state index is 12.5. The molecule has 0 aromatic carbocycles. The van der Waals surface area contributed by atoms with Crippen molar-refractivity contribution in [1.29, 1.82) is 0 Å². The third kappa shape index (κ3) is 5.74. The van der Waals surface area contributed by atoms with Crippen molar-refractivity contribution in [2.24, 2.45) is 5.41 Å². The lowest BCUT2D eigenvalue weighted by molar-refractivity contribution is 0.0868. The van der Waals surface area contributed by atoms with Crippen molar-refractivity contribution in [3.05, 3.63) is 17.0 Å². The van der Waals surface area contributed by atoms with Gasteiger partial charge >= 0.3 is 0 Å². The Labute approximate surface area is 153 Å². The normalized spacial score (nSPS) is 13.4. The summed E-state index contributed by atoms with van der Waals surface area (Å²) in [4.78, 5) is 14.8. The van der Waals surface area contributed by atoms with Crippen LogP contribution in [0.5, 0.6) is 0 Å². The Morgan fingerprint density at radius 2 is 2.13 bits per heavy atom. The Balaban J connectivity index is 2.67. The first kappa shape index (κ1) is 20.4. The van der Waals surface area contributed by atoms with Gasteiger partial charge in [-0.25, -0.2) is 0 Å². The Morgan fingerprint density at radius 3 is 2.65 bits per heavy atom. The summed E-state index contributed by atoms with van der Waals surface area (Å²) in [6, 6.07) is 0.0400. The van der Waals surface area contributed by atoms with Gasteiger partial charge in [0.15, 0.2) is 5.69 Å². The number of unbranched alkanes of at least 4 members (excludes halogenated alkanes) is 1. The summed E-state index contributed by atoms with van der Waals surface area (Å²) in [6.45, 7) is 12.5. The van der Waals surface area contributed by atoms with Crippen LogP contribution in [0.4, 0.5) is 0 Å². The average molecular weight is 435 g/mol. The van der Waals surface area contributed by atoms with Gasteiger partial charge in [0.05, 0.1) is 4.43 Å². The number of carbonyl (C=O) groups is 1. The van der Waals surface area contributed by atoms with E-state index in [1.54, 1.807) is 0 Å². The molecule has 1 amide bonds. The van der Waals surface area contributed by atoms with E-state index in [-0.39, 0.29) is 17.4 Å². The second-order valence-electron chi connectivity index (χ2n) is 6.99. The molecule has 0 bridgehead atoms. The van der Waals surface area contributed by atoms with Gasteiger partial charge < -0.3 is 14.7 Å². The molecule has 6 heteroatoms. The highest BCUT2D eigenvalue weighted by Gasteiger charge is 2.30. The zero-order chi connectivity index (χ0) is 17.6. The first-order chi connectivity index (χ1) is 10.7. The second-order valence-corrected chi connectivity index (χ2v) is 7.75. The first-order valence-electron chi connectivity index (χ1n) is 8.23. The topological polar surface area (TPSA) is 58.4 Å². The zero-order valence-corrected chi connectivity index (χ0v) is 17.4. The predicted molar refractivity (Wildman–Crippen MR) is 102 cm³/mol. The largest absolute Gasteiger partial charge is 0.359 e. The van der Waals surface area contributed by atoms with E-state index in [1.165, 1.54) is 12.8 Å². The molecular weight excluding hydrogens is 405 g/mol. The van der Waals surface area contributed by atoms with E-state index in [1.807, 2.05) is 6.92 Å². The molecule has 0 saturated heterocycles. The number of hydrogen-bond donors (Lipinski definition) is 1.